The maximum absolute atomic E-state index is 9.07. The number of nitriles is 1. The van der Waals surface area contributed by atoms with E-state index in [0.717, 1.165) is 16.9 Å². The van der Waals surface area contributed by atoms with E-state index in [2.05, 4.69) is 6.07 Å². The molecule has 1 heterocycles. The molecule has 0 atom stereocenters. The van der Waals surface area contributed by atoms with E-state index in [1.807, 2.05) is 36.6 Å². The zero-order valence-electron chi connectivity index (χ0n) is 9.43. The van der Waals surface area contributed by atoms with Gasteiger partial charge in [0.25, 0.3) is 0 Å². The van der Waals surface area contributed by atoms with Crippen molar-refractivity contribution < 1.29 is 4.74 Å². The lowest BCUT2D eigenvalue weighted by atomic mass is 10.0. The highest BCUT2D eigenvalue weighted by molar-refractivity contribution is 7.14. The van der Waals surface area contributed by atoms with E-state index < -0.39 is 0 Å². The molecule has 0 radical (unpaired) electrons. The summed E-state index contributed by atoms with van der Waals surface area (Å²) in [6.45, 7) is 2.57. The van der Waals surface area contributed by atoms with Crippen molar-refractivity contribution in [3.8, 4) is 22.9 Å². The van der Waals surface area contributed by atoms with Gasteiger partial charge < -0.3 is 10.5 Å². The lowest BCUT2D eigenvalue weighted by molar-refractivity contribution is 0.340. The summed E-state index contributed by atoms with van der Waals surface area (Å²) < 4.78 is 5.44. The SMILES string of the molecule is CCOc1cccc(-c2csc(N)c2C#N)c1. The molecule has 2 rings (SSSR count). The largest absolute Gasteiger partial charge is 0.494 e. The maximum atomic E-state index is 9.07. The van der Waals surface area contributed by atoms with Gasteiger partial charge in [-0.3, -0.25) is 0 Å². The van der Waals surface area contributed by atoms with Crippen molar-refractivity contribution in [2.45, 2.75) is 6.92 Å². The maximum Gasteiger partial charge on any atom is 0.119 e. The number of rotatable bonds is 3. The molecule has 17 heavy (non-hydrogen) atoms. The van der Waals surface area contributed by atoms with Crippen LogP contribution in [0.5, 0.6) is 5.75 Å². The fourth-order valence-corrected chi connectivity index (χ4v) is 2.39. The molecule has 0 bridgehead atoms. The summed E-state index contributed by atoms with van der Waals surface area (Å²) in [5.74, 6) is 0.804. The van der Waals surface area contributed by atoms with Crippen LogP contribution in [-0.2, 0) is 0 Å². The first kappa shape index (κ1) is 11.5. The summed E-state index contributed by atoms with van der Waals surface area (Å²) in [5.41, 5.74) is 8.13. The molecule has 0 unspecified atom stereocenters. The van der Waals surface area contributed by atoms with E-state index in [1.54, 1.807) is 0 Å². The number of hydrogen-bond donors (Lipinski definition) is 1. The second-order valence-corrected chi connectivity index (χ2v) is 4.37. The second kappa shape index (κ2) is 4.89. The Morgan fingerprint density at radius 3 is 3.00 bits per heavy atom. The number of nitrogens with zero attached hydrogens (tertiary/aromatic N) is 1. The first-order valence-electron chi connectivity index (χ1n) is 5.26. The number of nitrogen functional groups attached to an aromatic ring is 1. The summed E-state index contributed by atoms with van der Waals surface area (Å²) in [6.07, 6.45) is 0. The molecule has 86 valence electrons. The van der Waals surface area contributed by atoms with Crippen molar-refractivity contribution in [3.05, 3.63) is 35.2 Å². The first-order chi connectivity index (χ1) is 8.26. The monoisotopic (exact) mass is 244 g/mol. The van der Waals surface area contributed by atoms with Crippen LogP contribution in [0.2, 0.25) is 0 Å². The van der Waals surface area contributed by atoms with Gasteiger partial charge in [-0.05, 0) is 24.6 Å². The van der Waals surface area contributed by atoms with Crippen LogP contribution in [0, 0.1) is 11.3 Å². The summed E-state index contributed by atoms with van der Waals surface area (Å²) in [5, 5.41) is 11.5. The number of anilines is 1. The molecule has 0 spiro atoms. The highest BCUT2D eigenvalue weighted by Gasteiger charge is 2.11. The van der Waals surface area contributed by atoms with E-state index in [-0.39, 0.29) is 0 Å². The number of hydrogen-bond acceptors (Lipinski definition) is 4. The summed E-state index contributed by atoms with van der Waals surface area (Å²) >= 11 is 1.38. The quantitative estimate of drug-likeness (QED) is 0.901. The van der Waals surface area contributed by atoms with Gasteiger partial charge in [0.15, 0.2) is 0 Å². The molecule has 2 N–H and O–H groups in total. The number of ether oxygens (including phenoxy) is 1. The predicted octanol–water partition coefficient (Wildman–Crippen LogP) is 3.27. The van der Waals surface area contributed by atoms with Gasteiger partial charge in [0, 0.05) is 10.9 Å². The third-order valence-corrected chi connectivity index (χ3v) is 3.20. The van der Waals surface area contributed by atoms with E-state index in [1.165, 1.54) is 11.3 Å². The Bertz CT molecular complexity index is 569. The second-order valence-electron chi connectivity index (χ2n) is 3.46. The van der Waals surface area contributed by atoms with Crippen LogP contribution in [-0.4, -0.2) is 6.61 Å². The lowest BCUT2D eigenvalue weighted by Crippen LogP contribution is -1.91. The Balaban J connectivity index is 2.46. The summed E-state index contributed by atoms with van der Waals surface area (Å²) in [4.78, 5) is 0. The van der Waals surface area contributed by atoms with Crippen LogP contribution in [0.15, 0.2) is 29.6 Å². The van der Waals surface area contributed by atoms with Crippen LogP contribution in [0.25, 0.3) is 11.1 Å². The molecule has 4 heteroatoms. The highest BCUT2D eigenvalue weighted by atomic mass is 32.1. The highest BCUT2D eigenvalue weighted by Crippen LogP contribution is 2.34. The third kappa shape index (κ3) is 2.24. The van der Waals surface area contributed by atoms with Gasteiger partial charge in [0.05, 0.1) is 12.2 Å². The van der Waals surface area contributed by atoms with Gasteiger partial charge in [0.2, 0.25) is 0 Å². The molecule has 1 aromatic heterocycles. The van der Waals surface area contributed by atoms with Crippen LogP contribution >= 0.6 is 11.3 Å². The minimum Gasteiger partial charge on any atom is -0.494 e. The van der Waals surface area contributed by atoms with Gasteiger partial charge in [-0.2, -0.15) is 5.26 Å². The minimum absolute atomic E-state index is 0.545. The van der Waals surface area contributed by atoms with Gasteiger partial charge in [-0.25, -0.2) is 0 Å². The van der Waals surface area contributed by atoms with E-state index >= 15 is 0 Å². The smallest absolute Gasteiger partial charge is 0.119 e. The van der Waals surface area contributed by atoms with Gasteiger partial charge in [-0.15, -0.1) is 11.3 Å². The Morgan fingerprint density at radius 2 is 2.29 bits per heavy atom. The van der Waals surface area contributed by atoms with Gasteiger partial charge in [-0.1, -0.05) is 12.1 Å². The summed E-state index contributed by atoms with van der Waals surface area (Å²) in [7, 11) is 0. The van der Waals surface area contributed by atoms with Crippen molar-refractivity contribution in [2.24, 2.45) is 0 Å². The fraction of sp³-hybridized carbons (Fsp3) is 0.154. The van der Waals surface area contributed by atoms with Crippen molar-refractivity contribution >= 4 is 16.3 Å². The molecule has 2 aromatic rings. The van der Waals surface area contributed by atoms with E-state index in [0.29, 0.717) is 17.2 Å². The average molecular weight is 244 g/mol. The fourth-order valence-electron chi connectivity index (χ4n) is 1.62. The van der Waals surface area contributed by atoms with Crippen molar-refractivity contribution in [1.29, 1.82) is 5.26 Å². The van der Waals surface area contributed by atoms with Crippen LogP contribution < -0.4 is 10.5 Å². The van der Waals surface area contributed by atoms with Crippen LogP contribution in [0.1, 0.15) is 12.5 Å². The number of thiophene rings is 1. The first-order valence-corrected chi connectivity index (χ1v) is 6.14. The topological polar surface area (TPSA) is 59.0 Å². The molecular weight excluding hydrogens is 232 g/mol. The number of nitrogens with two attached hydrogens (primary N) is 1. The standard InChI is InChI=1S/C13H12N2OS/c1-2-16-10-5-3-4-9(6-10)12-8-17-13(15)11(12)7-14/h3-6,8H,2,15H2,1H3. The van der Waals surface area contributed by atoms with E-state index in [4.69, 9.17) is 15.7 Å². The molecule has 1 aromatic carbocycles. The molecule has 0 saturated carbocycles. The Kier molecular flexibility index (Phi) is 3.31. The number of benzene rings is 1. The third-order valence-electron chi connectivity index (χ3n) is 2.39. The van der Waals surface area contributed by atoms with Crippen molar-refractivity contribution in [1.82, 2.24) is 0 Å². The molecular formula is C13H12N2OS. The Morgan fingerprint density at radius 1 is 1.47 bits per heavy atom. The Labute approximate surface area is 104 Å². The molecule has 0 aliphatic carbocycles. The zero-order chi connectivity index (χ0) is 12.3. The molecule has 0 fully saturated rings. The Hall–Kier alpha value is -1.99. The van der Waals surface area contributed by atoms with Gasteiger partial charge >= 0.3 is 0 Å². The molecule has 0 aliphatic rings. The van der Waals surface area contributed by atoms with Crippen molar-refractivity contribution in [2.75, 3.05) is 12.3 Å². The molecule has 0 amide bonds. The predicted molar refractivity (Wildman–Crippen MR) is 70.1 cm³/mol. The van der Waals surface area contributed by atoms with Crippen molar-refractivity contribution in [3.63, 3.8) is 0 Å². The van der Waals surface area contributed by atoms with Crippen LogP contribution in [0.4, 0.5) is 5.00 Å². The average Bonchev–Trinajstić information content (AvgIpc) is 2.71. The zero-order valence-corrected chi connectivity index (χ0v) is 10.3. The molecule has 0 aliphatic heterocycles. The molecule has 3 nitrogen and oxygen atoms in total. The van der Waals surface area contributed by atoms with Crippen LogP contribution in [0.3, 0.4) is 0 Å². The summed E-state index contributed by atoms with van der Waals surface area (Å²) in [6, 6.07) is 9.82. The van der Waals surface area contributed by atoms with E-state index in [9.17, 15) is 0 Å². The van der Waals surface area contributed by atoms with Gasteiger partial charge in [0.1, 0.15) is 16.8 Å². The lowest BCUT2D eigenvalue weighted by Gasteiger charge is -2.05. The minimum atomic E-state index is 0.545. The normalized spacial score (nSPS) is 9.88. The molecule has 0 saturated heterocycles.